The standard InChI is InChI=1S/C18H19N5O5S.C16H15N5O5S.C16H16N4O3S/c1-9-3-4-13(11(5-9)8-29(19,27)28)22-23-17-12-6-15(20-10(2)24)16(25)7-14(12)21-18(17)26;1-9-13(21(23)24)8-7-12-14(9)15(16(22)18-12)20-19-10-3-5-11(6-4-10)27(25,26)17-2;1-9-7-13-14(8-10(9)2)18-16(21)15(13)20-19-11-3-5-12(6-4-11)24(17,22)23/h3-7,21,25-26H,8H2,1-2H3,(H,20,24)(H2,19,27,28);3-8,17-18,22H,1-2H3;3-8,18,21H,1-2H3,(H2,17,22,23). The number of azo groups is 3. The first kappa shape index (κ1) is 58.2. The molecular formula is C50H50N14O13S3. The van der Waals surface area contributed by atoms with E-state index in [-0.39, 0.29) is 67.5 Å². The second-order valence-electron chi connectivity index (χ2n) is 17.7. The van der Waals surface area contributed by atoms with E-state index in [1.54, 1.807) is 32.0 Å². The lowest BCUT2D eigenvalue weighted by Gasteiger charge is -2.06. The summed E-state index contributed by atoms with van der Waals surface area (Å²) in [7, 11) is -9.77. The van der Waals surface area contributed by atoms with Crippen LogP contribution in [0.25, 0.3) is 32.7 Å². The van der Waals surface area contributed by atoms with E-state index in [4.69, 9.17) is 10.3 Å². The summed E-state index contributed by atoms with van der Waals surface area (Å²) in [5.41, 5.74) is 6.94. The summed E-state index contributed by atoms with van der Waals surface area (Å²) in [6, 6.07) is 25.8. The molecule has 0 aliphatic rings. The minimum absolute atomic E-state index is 0.00231. The zero-order valence-corrected chi connectivity index (χ0v) is 45.4. The van der Waals surface area contributed by atoms with Gasteiger partial charge in [-0.05, 0) is 130 Å². The molecule has 0 aliphatic heterocycles. The first-order valence-electron chi connectivity index (χ1n) is 23.2. The topological polar surface area (TPSA) is 441 Å². The summed E-state index contributed by atoms with van der Waals surface area (Å²) in [6.07, 6.45) is 0. The predicted molar refractivity (Wildman–Crippen MR) is 298 cm³/mol. The smallest absolute Gasteiger partial charge is 0.273 e. The molecule has 0 spiro atoms. The van der Waals surface area contributed by atoms with Crippen molar-refractivity contribution >= 4 is 114 Å². The number of nitro benzene ring substituents is 1. The molecule has 0 aliphatic carbocycles. The van der Waals surface area contributed by atoms with E-state index in [1.165, 1.54) is 86.8 Å². The molecule has 30 heteroatoms. The summed E-state index contributed by atoms with van der Waals surface area (Å²) in [6.45, 7) is 8.62. The number of aryl methyl sites for hydroxylation is 4. The van der Waals surface area contributed by atoms with Crippen LogP contribution in [0.5, 0.6) is 23.4 Å². The zero-order chi connectivity index (χ0) is 58.6. The molecule has 27 nitrogen and oxygen atoms in total. The van der Waals surface area contributed by atoms with E-state index < -0.39 is 40.7 Å². The Kier molecular flexibility index (Phi) is 16.9. The molecule has 9 aromatic rings. The fourth-order valence-corrected chi connectivity index (χ4v) is 9.72. The van der Waals surface area contributed by atoms with Crippen molar-refractivity contribution in [2.45, 2.75) is 50.2 Å². The van der Waals surface area contributed by atoms with Gasteiger partial charge in [0, 0.05) is 40.8 Å². The monoisotopic (exact) mass is 1150 g/mol. The summed E-state index contributed by atoms with van der Waals surface area (Å²) in [5.74, 6) is -1.63. The highest BCUT2D eigenvalue weighted by Gasteiger charge is 2.21. The molecule has 13 N–H and O–H groups in total. The van der Waals surface area contributed by atoms with Crippen LogP contribution in [-0.2, 0) is 40.6 Å². The van der Waals surface area contributed by atoms with E-state index in [9.17, 15) is 60.6 Å². The Morgan fingerprint density at radius 3 is 1.69 bits per heavy atom. The van der Waals surface area contributed by atoms with Gasteiger partial charge < -0.3 is 40.7 Å². The van der Waals surface area contributed by atoms with Gasteiger partial charge in [-0.3, -0.25) is 14.9 Å². The van der Waals surface area contributed by atoms with Gasteiger partial charge in [0.25, 0.3) is 5.69 Å². The third kappa shape index (κ3) is 13.6. The number of anilines is 1. The highest BCUT2D eigenvalue weighted by Crippen LogP contribution is 2.43. The SMILES string of the molecule is CC(=O)Nc1cc2c(N=Nc3ccc(C)cc3CS(N)(=O)=O)c(O)[nH]c2cc1O.CNS(=O)(=O)c1ccc(N=Nc2c(O)[nH]c3ccc([N+](=O)[O-])c(C)c23)cc1.Cc1cc2[nH]c(O)c(N=Nc3ccc(S(N)(=O)=O)cc3)c2cc1C. The van der Waals surface area contributed by atoms with Crippen LogP contribution >= 0.6 is 0 Å². The van der Waals surface area contributed by atoms with Crippen molar-refractivity contribution in [1.29, 1.82) is 0 Å². The molecule has 0 unspecified atom stereocenters. The normalized spacial score (nSPS) is 12.1. The van der Waals surface area contributed by atoms with Gasteiger partial charge in [-0.1, -0.05) is 17.7 Å². The van der Waals surface area contributed by atoms with Gasteiger partial charge in [0.15, 0.2) is 17.1 Å². The lowest BCUT2D eigenvalue weighted by Crippen LogP contribution is -2.18. The number of aromatic nitrogens is 3. The second kappa shape index (κ2) is 23.2. The number of aromatic hydroxyl groups is 4. The number of nitrogens with one attached hydrogen (secondary N) is 5. The molecule has 9 rings (SSSR count). The number of fused-ring (bicyclic) bond motifs is 3. The number of carbonyl (C=O) groups is 1. The molecule has 0 radical (unpaired) electrons. The van der Waals surface area contributed by atoms with Crippen molar-refractivity contribution in [1.82, 2.24) is 19.7 Å². The van der Waals surface area contributed by atoms with Gasteiger partial charge in [-0.25, -0.2) is 40.3 Å². The first-order valence-corrected chi connectivity index (χ1v) is 28.0. The van der Waals surface area contributed by atoms with Crippen molar-refractivity contribution in [3.63, 3.8) is 0 Å². The van der Waals surface area contributed by atoms with Crippen LogP contribution in [0, 0.1) is 37.8 Å². The second-order valence-corrected chi connectivity index (χ2v) is 22.8. The summed E-state index contributed by atoms with van der Waals surface area (Å²) in [5, 5.41) is 89.9. The number of rotatable bonds is 13. The van der Waals surface area contributed by atoms with Gasteiger partial charge in [0.1, 0.15) is 5.75 Å². The van der Waals surface area contributed by atoms with Gasteiger partial charge in [0.05, 0.1) is 59.8 Å². The van der Waals surface area contributed by atoms with E-state index in [0.717, 1.165) is 27.6 Å². The maximum absolute atomic E-state index is 11.7. The molecule has 0 saturated carbocycles. The molecule has 3 heterocycles. The van der Waals surface area contributed by atoms with Crippen LogP contribution in [-0.4, -0.2) is 78.5 Å². The van der Waals surface area contributed by atoms with Crippen LogP contribution < -0.4 is 20.3 Å². The fourth-order valence-electron chi connectivity index (χ4n) is 7.81. The Bertz CT molecular complexity index is 4350. The fraction of sp³-hybridized carbons (Fsp3) is 0.140. The molecule has 1 amide bonds. The first-order chi connectivity index (χ1) is 37.5. The van der Waals surface area contributed by atoms with Gasteiger partial charge in [-0.2, -0.15) is 15.3 Å². The van der Waals surface area contributed by atoms with Gasteiger partial charge >= 0.3 is 0 Å². The van der Waals surface area contributed by atoms with E-state index in [0.29, 0.717) is 50.0 Å². The lowest BCUT2D eigenvalue weighted by atomic mass is 10.1. The minimum atomic E-state index is -3.78. The molecule has 0 atom stereocenters. The zero-order valence-electron chi connectivity index (χ0n) is 43.0. The van der Waals surface area contributed by atoms with Crippen LogP contribution in [0.4, 0.5) is 45.5 Å². The molecule has 3 aromatic heterocycles. The lowest BCUT2D eigenvalue weighted by molar-refractivity contribution is -0.385. The number of sulfonamides is 3. The summed E-state index contributed by atoms with van der Waals surface area (Å²) < 4.78 is 71.1. The van der Waals surface area contributed by atoms with E-state index >= 15 is 0 Å². The Hall–Kier alpha value is -9.46. The largest absolute Gasteiger partial charge is 0.506 e. The van der Waals surface area contributed by atoms with Crippen LogP contribution in [0.15, 0.2) is 144 Å². The number of nitro groups is 1. The summed E-state index contributed by atoms with van der Waals surface area (Å²) in [4.78, 5) is 30.2. The van der Waals surface area contributed by atoms with Crippen LogP contribution in [0.2, 0.25) is 0 Å². The van der Waals surface area contributed by atoms with Crippen LogP contribution in [0.1, 0.15) is 34.7 Å². The highest BCUT2D eigenvalue weighted by atomic mass is 32.2. The Balaban J connectivity index is 0.000000174. The number of H-pyrrole nitrogens is 3. The van der Waals surface area contributed by atoms with E-state index in [2.05, 4.69) is 55.7 Å². The molecule has 80 heavy (non-hydrogen) atoms. The van der Waals surface area contributed by atoms with Crippen molar-refractivity contribution in [2.75, 3.05) is 12.4 Å². The number of nitrogens with two attached hydrogens (primary N) is 2. The number of nitrogens with zero attached hydrogens (tertiary/aromatic N) is 7. The van der Waals surface area contributed by atoms with Gasteiger partial charge in [0.2, 0.25) is 53.6 Å². The maximum Gasteiger partial charge on any atom is 0.273 e. The van der Waals surface area contributed by atoms with Crippen LogP contribution in [0.3, 0.4) is 0 Å². The Morgan fingerprint density at radius 2 is 1.14 bits per heavy atom. The number of hydrogen-bond acceptors (Lipinski definition) is 19. The van der Waals surface area contributed by atoms with Crippen molar-refractivity contribution in [3.05, 3.63) is 141 Å². The molecule has 0 bridgehead atoms. The van der Waals surface area contributed by atoms with Crippen molar-refractivity contribution in [2.24, 2.45) is 41.0 Å². The minimum Gasteiger partial charge on any atom is -0.506 e. The number of primary sulfonamides is 2. The molecule has 0 saturated heterocycles. The quantitative estimate of drug-likeness (QED) is 0.0222. The number of aromatic amines is 3. The van der Waals surface area contributed by atoms with Crippen molar-refractivity contribution in [3.8, 4) is 23.4 Å². The molecule has 6 aromatic carbocycles. The van der Waals surface area contributed by atoms with Crippen molar-refractivity contribution < 1.29 is 55.4 Å². The third-order valence-corrected chi connectivity index (χ3v) is 14.9. The number of phenolic OH excluding ortho intramolecular Hbond substituents is 1. The third-order valence-electron chi connectivity index (χ3n) is 11.9. The number of hydrogen-bond donors (Lipinski definition) is 11. The number of amides is 1. The highest BCUT2D eigenvalue weighted by molar-refractivity contribution is 7.89. The predicted octanol–water partition coefficient (Wildman–Crippen LogP) is 10.0. The average molecular weight is 1150 g/mol. The average Bonchev–Trinajstić information content (AvgIpc) is 3.98. The summed E-state index contributed by atoms with van der Waals surface area (Å²) >= 11 is 0. The number of carbonyl (C=O) groups excluding carboxylic acids is 1. The molecule has 416 valence electrons. The molecule has 0 fully saturated rings. The Morgan fingerprint density at radius 1 is 0.625 bits per heavy atom. The number of benzene rings is 6. The molecular weight excluding hydrogens is 1100 g/mol. The van der Waals surface area contributed by atoms with E-state index in [1.807, 2.05) is 26.0 Å². The number of phenols is 1. The van der Waals surface area contributed by atoms with Gasteiger partial charge in [-0.15, -0.1) is 15.3 Å². The Labute approximate surface area is 455 Å². The maximum atomic E-state index is 11.7.